The predicted molar refractivity (Wildman–Crippen MR) is 51.7 cm³/mol. The van der Waals surface area contributed by atoms with Gasteiger partial charge in [-0.05, 0) is 13.3 Å². The molecule has 0 aliphatic rings. The van der Waals surface area contributed by atoms with Gasteiger partial charge in [0, 0.05) is 0 Å². The van der Waals surface area contributed by atoms with Crippen LogP contribution >= 0.6 is 0 Å². The van der Waals surface area contributed by atoms with Crippen LogP contribution in [-0.4, -0.2) is 25.7 Å². The second-order valence-corrected chi connectivity index (χ2v) is 3.08. The maximum Gasteiger partial charge on any atom is 0.352 e. The Labute approximate surface area is 81.4 Å². The summed E-state index contributed by atoms with van der Waals surface area (Å²) in [7, 11) is 0. The first-order valence-corrected chi connectivity index (χ1v) is 4.43. The molecule has 0 spiro atoms. The van der Waals surface area contributed by atoms with Gasteiger partial charge in [0.15, 0.2) is 0 Å². The van der Waals surface area contributed by atoms with Crippen LogP contribution in [-0.2, 0) is 6.54 Å². The number of aryl methyl sites for hydroxylation is 1. The minimum absolute atomic E-state index is 0.0326. The Morgan fingerprint density at radius 1 is 1.57 bits per heavy atom. The lowest BCUT2D eigenvalue weighted by Crippen LogP contribution is -2.31. The molecule has 1 aromatic heterocycles. The van der Waals surface area contributed by atoms with Crippen LogP contribution in [0.15, 0.2) is 4.79 Å². The van der Waals surface area contributed by atoms with E-state index in [0.29, 0.717) is 12.2 Å². The SMILES string of the molecule is CC[C@@H](O)Cn1c(C)nc(N)nc1=O. The first kappa shape index (κ1) is 10.6. The zero-order chi connectivity index (χ0) is 10.7. The number of nitrogen functional groups attached to an aromatic ring is 1. The van der Waals surface area contributed by atoms with Gasteiger partial charge < -0.3 is 10.8 Å². The highest BCUT2D eigenvalue weighted by Crippen LogP contribution is 1.97. The molecule has 6 nitrogen and oxygen atoms in total. The van der Waals surface area contributed by atoms with E-state index in [1.165, 1.54) is 4.57 Å². The van der Waals surface area contributed by atoms with E-state index in [1.807, 2.05) is 6.92 Å². The van der Waals surface area contributed by atoms with Crippen molar-refractivity contribution in [2.75, 3.05) is 5.73 Å². The molecule has 0 amide bonds. The van der Waals surface area contributed by atoms with Crippen molar-refractivity contribution in [1.82, 2.24) is 14.5 Å². The van der Waals surface area contributed by atoms with Crippen LogP contribution in [0, 0.1) is 6.92 Å². The second-order valence-electron chi connectivity index (χ2n) is 3.08. The Balaban J connectivity index is 3.03. The smallest absolute Gasteiger partial charge is 0.352 e. The van der Waals surface area contributed by atoms with Crippen LogP contribution in [0.25, 0.3) is 0 Å². The van der Waals surface area contributed by atoms with Gasteiger partial charge in [0.05, 0.1) is 12.6 Å². The van der Waals surface area contributed by atoms with Crippen molar-refractivity contribution >= 4 is 5.95 Å². The fourth-order valence-electron chi connectivity index (χ4n) is 1.10. The third kappa shape index (κ3) is 2.29. The van der Waals surface area contributed by atoms with Gasteiger partial charge in [-0.3, -0.25) is 4.57 Å². The fraction of sp³-hybridized carbons (Fsp3) is 0.625. The van der Waals surface area contributed by atoms with E-state index in [0.717, 1.165) is 0 Å². The molecule has 14 heavy (non-hydrogen) atoms. The van der Waals surface area contributed by atoms with Crippen LogP contribution in [0.3, 0.4) is 0 Å². The summed E-state index contributed by atoms with van der Waals surface area (Å²) in [4.78, 5) is 18.7. The van der Waals surface area contributed by atoms with Gasteiger partial charge in [-0.2, -0.15) is 4.98 Å². The van der Waals surface area contributed by atoms with Crippen LogP contribution in [0.4, 0.5) is 5.95 Å². The van der Waals surface area contributed by atoms with E-state index in [4.69, 9.17) is 5.73 Å². The number of aliphatic hydroxyl groups is 1. The van der Waals surface area contributed by atoms with Gasteiger partial charge in [0.2, 0.25) is 5.95 Å². The van der Waals surface area contributed by atoms with E-state index < -0.39 is 11.8 Å². The van der Waals surface area contributed by atoms with Crippen molar-refractivity contribution in [3.63, 3.8) is 0 Å². The van der Waals surface area contributed by atoms with E-state index in [9.17, 15) is 9.90 Å². The second kappa shape index (κ2) is 4.19. The standard InChI is InChI=1S/C8H14N4O2/c1-3-6(13)4-12-5(2)10-7(9)11-8(12)14/h6,13H,3-4H2,1-2H3,(H2,9,11,14)/t6-/m1/s1. The first-order valence-electron chi connectivity index (χ1n) is 4.43. The molecule has 78 valence electrons. The maximum atomic E-state index is 11.3. The van der Waals surface area contributed by atoms with Crippen molar-refractivity contribution in [2.45, 2.75) is 32.9 Å². The summed E-state index contributed by atoms with van der Waals surface area (Å²) >= 11 is 0. The predicted octanol–water partition coefficient (Wildman–Crippen LogP) is -0.700. The van der Waals surface area contributed by atoms with Crippen LogP contribution < -0.4 is 11.4 Å². The summed E-state index contributed by atoms with van der Waals surface area (Å²) < 4.78 is 1.31. The van der Waals surface area contributed by atoms with Crippen LogP contribution in [0.2, 0.25) is 0 Å². The molecule has 0 fully saturated rings. The summed E-state index contributed by atoms with van der Waals surface area (Å²) in [5.74, 6) is 0.435. The third-order valence-electron chi connectivity index (χ3n) is 1.97. The highest BCUT2D eigenvalue weighted by atomic mass is 16.3. The topological polar surface area (TPSA) is 94.0 Å². The quantitative estimate of drug-likeness (QED) is 0.669. The normalized spacial score (nSPS) is 12.8. The summed E-state index contributed by atoms with van der Waals surface area (Å²) in [6, 6.07) is 0. The molecule has 3 N–H and O–H groups in total. The average Bonchev–Trinajstić information content (AvgIpc) is 2.10. The zero-order valence-corrected chi connectivity index (χ0v) is 8.27. The van der Waals surface area contributed by atoms with Gasteiger partial charge in [0.1, 0.15) is 5.82 Å². The Morgan fingerprint density at radius 3 is 2.71 bits per heavy atom. The summed E-state index contributed by atoms with van der Waals surface area (Å²) in [5.41, 5.74) is 4.82. The Morgan fingerprint density at radius 2 is 2.21 bits per heavy atom. The number of hydrogen-bond donors (Lipinski definition) is 2. The average molecular weight is 198 g/mol. The van der Waals surface area contributed by atoms with Crippen molar-refractivity contribution in [1.29, 1.82) is 0 Å². The molecular formula is C8H14N4O2. The Kier molecular flexibility index (Phi) is 3.19. The lowest BCUT2D eigenvalue weighted by atomic mass is 10.3. The largest absolute Gasteiger partial charge is 0.391 e. The molecule has 0 aliphatic heterocycles. The Bertz CT molecular complexity index is 374. The van der Waals surface area contributed by atoms with Crippen molar-refractivity contribution < 1.29 is 5.11 Å². The molecule has 0 radical (unpaired) electrons. The van der Waals surface area contributed by atoms with E-state index in [1.54, 1.807) is 6.92 Å². The summed E-state index contributed by atoms with van der Waals surface area (Å²) in [6.07, 6.45) is 0.0228. The maximum absolute atomic E-state index is 11.3. The fourth-order valence-corrected chi connectivity index (χ4v) is 1.10. The number of aromatic nitrogens is 3. The number of hydrogen-bond acceptors (Lipinski definition) is 5. The van der Waals surface area contributed by atoms with Gasteiger partial charge in [-0.15, -0.1) is 0 Å². The molecule has 0 unspecified atom stereocenters. The van der Waals surface area contributed by atoms with Crippen molar-refractivity contribution in [2.24, 2.45) is 0 Å². The van der Waals surface area contributed by atoms with Gasteiger partial charge >= 0.3 is 5.69 Å². The molecule has 1 heterocycles. The molecule has 0 aromatic carbocycles. The van der Waals surface area contributed by atoms with E-state index in [2.05, 4.69) is 9.97 Å². The van der Waals surface area contributed by atoms with Gasteiger partial charge in [-0.1, -0.05) is 6.92 Å². The molecule has 0 saturated heterocycles. The van der Waals surface area contributed by atoms with Crippen molar-refractivity contribution in [3.8, 4) is 0 Å². The minimum Gasteiger partial charge on any atom is -0.391 e. The molecule has 0 bridgehead atoms. The van der Waals surface area contributed by atoms with E-state index >= 15 is 0 Å². The first-order chi connectivity index (χ1) is 6.54. The van der Waals surface area contributed by atoms with Gasteiger partial charge in [0.25, 0.3) is 0 Å². The summed E-state index contributed by atoms with van der Waals surface area (Å²) in [5, 5.41) is 9.38. The number of aliphatic hydroxyl groups excluding tert-OH is 1. The lowest BCUT2D eigenvalue weighted by Gasteiger charge is -2.11. The highest BCUT2D eigenvalue weighted by molar-refractivity contribution is 5.12. The highest BCUT2D eigenvalue weighted by Gasteiger charge is 2.08. The zero-order valence-electron chi connectivity index (χ0n) is 8.27. The molecule has 6 heteroatoms. The number of anilines is 1. The van der Waals surface area contributed by atoms with E-state index in [-0.39, 0.29) is 12.5 Å². The van der Waals surface area contributed by atoms with Crippen LogP contribution in [0.5, 0.6) is 0 Å². The monoisotopic (exact) mass is 198 g/mol. The molecule has 1 atom stereocenters. The number of rotatable bonds is 3. The molecule has 0 saturated carbocycles. The van der Waals surface area contributed by atoms with Gasteiger partial charge in [-0.25, -0.2) is 9.78 Å². The van der Waals surface area contributed by atoms with Crippen LogP contribution in [0.1, 0.15) is 19.2 Å². The summed E-state index contributed by atoms with van der Waals surface area (Å²) in [6.45, 7) is 3.70. The number of nitrogens with zero attached hydrogens (tertiary/aromatic N) is 3. The third-order valence-corrected chi connectivity index (χ3v) is 1.97. The lowest BCUT2D eigenvalue weighted by molar-refractivity contribution is 0.146. The molecule has 0 aliphatic carbocycles. The Hall–Kier alpha value is -1.43. The number of nitrogens with two attached hydrogens (primary N) is 1. The van der Waals surface area contributed by atoms with Crippen molar-refractivity contribution in [3.05, 3.63) is 16.3 Å². The molecule has 1 aromatic rings. The molecule has 1 rings (SSSR count). The molecular weight excluding hydrogens is 184 g/mol. The minimum atomic E-state index is -0.557.